The number of methoxy groups -OCH3 is 1. The predicted molar refractivity (Wildman–Crippen MR) is 113 cm³/mol. The van der Waals surface area contributed by atoms with Crippen molar-refractivity contribution in [2.24, 2.45) is 0 Å². The van der Waals surface area contributed by atoms with E-state index in [1.54, 1.807) is 19.2 Å². The highest BCUT2D eigenvalue weighted by atomic mass is 32.2. The number of allylic oxidation sites excluding steroid dienone is 2. The monoisotopic (exact) mass is 391 g/mol. The van der Waals surface area contributed by atoms with Crippen molar-refractivity contribution in [3.8, 4) is 11.8 Å². The standard InChI is InChI=1S/C22H21N3O2S/c1-14-19(21(26)25-17-11-7-8-12-18(17)27-2)20(15-9-5-4-6-10-15)16(13-23)22(24-14)28-3/h4-12,20,24H,1-3H3,(H,25,26)/t20-/m0/s1. The number of carbonyl (C=O) groups is 1. The SMILES string of the molecule is COc1ccccc1NC(=O)C1=C(C)NC(SC)=C(C#N)[C@@H]1c1ccccc1. The lowest BCUT2D eigenvalue weighted by Crippen LogP contribution is -2.30. The van der Waals surface area contributed by atoms with E-state index in [9.17, 15) is 10.1 Å². The van der Waals surface area contributed by atoms with E-state index in [4.69, 9.17) is 4.74 Å². The minimum absolute atomic E-state index is 0.267. The van der Waals surface area contributed by atoms with Crippen molar-refractivity contribution in [3.05, 3.63) is 82.0 Å². The van der Waals surface area contributed by atoms with Crippen LogP contribution in [-0.2, 0) is 4.79 Å². The summed E-state index contributed by atoms with van der Waals surface area (Å²) in [6.45, 7) is 1.86. The number of nitrogens with zero attached hydrogens (tertiary/aromatic N) is 1. The number of anilines is 1. The normalized spacial score (nSPS) is 16.3. The fourth-order valence-corrected chi connectivity index (χ4v) is 3.93. The maximum absolute atomic E-state index is 13.3. The van der Waals surface area contributed by atoms with E-state index in [-0.39, 0.29) is 5.91 Å². The molecule has 1 atom stereocenters. The average Bonchev–Trinajstić information content (AvgIpc) is 2.73. The molecule has 1 amide bonds. The third kappa shape index (κ3) is 3.75. The van der Waals surface area contributed by atoms with Crippen molar-refractivity contribution in [3.63, 3.8) is 0 Å². The summed E-state index contributed by atoms with van der Waals surface area (Å²) < 4.78 is 5.34. The molecule has 0 aromatic heterocycles. The first-order chi connectivity index (χ1) is 13.6. The maximum Gasteiger partial charge on any atom is 0.254 e. The Balaban J connectivity index is 2.06. The van der Waals surface area contributed by atoms with Crippen LogP contribution in [0.1, 0.15) is 18.4 Å². The second-order valence-electron chi connectivity index (χ2n) is 6.22. The summed E-state index contributed by atoms with van der Waals surface area (Å²) in [7, 11) is 1.56. The van der Waals surface area contributed by atoms with Crippen LogP contribution in [0.25, 0.3) is 0 Å². The van der Waals surface area contributed by atoms with Gasteiger partial charge < -0.3 is 15.4 Å². The molecule has 2 aromatic rings. The lowest BCUT2D eigenvalue weighted by Gasteiger charge is -2.29. The molecular formula is C22H21N3O2S. The summed E-state index contributed by atoms with van der Waals surface area (Å²) in [5.74, 6) is -0.129. The van der Waals surface area contributed by atoms with Gasteiger partial charge in [0.1, 0.15) is 5.75 Å². The summed E-state index contributed by atoms with van der Waals surface area (Å²) >= 11 is 1.46. The van der Waals surface area contributed by atoms with E-state index < -0.39 is 5.92 Å². The first-order valence-corrected chi connectivity index (χ1v) is 9.98. The van der Waals surface area contributed by atoms with Gasteiger partial charge in [-0.25, -0.2) is 0 Å². The molecule has 0 unspecified atom stereocenters. The molecule has 0 fully saturated rings. The van der Waals surface area contributed by atoms with Crippen LogP contribution in [0.2, 0.25) is 0 Å². The summed E-state index contributed by atoms with van der Waals surface area (Å²) in [6, 6.07) is 19.2. The number of dihydropyridines is 1. The van der Waals surface area contributed by atoms with Crippen LogP contribution >= 0.6 is 11.8 Å². The van der Waals surface area contributed by atoms with Crippen molar-refractivity contribution in [1.82, 2.24) is 5.32 Å². The number of nitrogens with one attached hydrogen (secondary N) is 2. The van der Waals surface area contributed by atoms with E-state index in [1.165, 1.54) is 11.8 Å². The smallest absolute Gasteiger partial charge is 0.254 e. The van der Waals surface area contributed by atoms with Crippen molar-refractivity contribution in [1.29, 1.82) is 5.26 Å². The molecule has 0 saturated carbocycles. The Labute approximate surface area is 169 Å². The molecule has 2 aromatic carbocycles. The van der Waals surface area contributed by atoms with Gasteiger partial charge in [0, 0.05) is 11.3 Å². The molecule has 0 saturated heterocycles. The van der Waals surface area contributed by atoms with Crippen LogP contribution in [0.5, 0.6) is 5.75 Å². The van der Waals surface area contributed by atoms with Crippen LogP contribution in [0.4, 0.5) is 5.69 Å². The van der Waals surface area contributed by atoms with Gasteiger partial charge in [-0.05, 0) is 30.9 Å². The van der Waals surface area contributed by atoms with Crippen molar-refractivity contribution in [2.45, 2.75) is 12.8 Å². The molecule has 28 heavy (non-hydrogen) atoms. The molecule has 6 heteroatoms. The fraction of sp³-hybridized carbons (Fsp3) is 0.182. The highest BCUT2D eigenvalue weighted by molar-refractivity contribution is 8.02. The average molecular weight is 391 g/mol. The van der Waals surface area contributed by atoms with Gasteiger partial charge in [-0.3, -0.25) is 4.79 Å². The third-order valence-electron chi connectivity index (χ3n) is 4.58. The molecule has 1 heterocycles. The quantitative estimate of drug-likeness (QED) is 0.791. The first kappa shape index (κ1) is 19.6. The van der Waals surface area contributed by atoms with Crippen LogP contribution < -0.4 is 15.4 Å². The number of rotatable bonds is 5. The predicted octanol–water partition coefficient (Wildman–Crippen LogP) is 4.39. The topological polar surface area (TPSA) is 74.2 Å². The van der Waals surface area contributed by atoms with Gasteiger partial charge in [0.05, 0.1) is 35.4 Å². The van der Waals surface area contributed by atoms with Crippen LogP contribution in [0.15, 0.2) is 76.5 Å². The van der Waals surface area contributed by atoms with Crippen molar-refractivity contribution < 1.29 is 9.53 Å². The number of benzene rings is 2. The second-order valence-corrected chi connectivity index (χ2v) is 7.04. The largest absolute Gasteiger partial charge is 0.495 e. The summed E-state index contributed by atoms with van der Waals surface area (Å²) in [4.78, 5) is 13.3. The van der Waals surface area contributed by atoms with Crippen LogP contribution in [-0.4, -0.2) is 19.3 Å². The zero-order chi connectivity index (χ0) is 20.1. The van der Waals surface area contributed by atoms with Gasteiger partial charge in [-0.1, -0.05) is 42.5 Å². The Morgan fingerprint density at radius 1 is 1.18 bits per heavy atom. The molecule has 0 bridgehead atoms. The minimum atomic E-state index is -0.440. The number of carbonyl (C=O) groups excluding carboxylic acids is 1. The zero-order valence-corrected chi connectivity index (χ0v) is 16.8. The van der Waals surface area contributed by atoms with Gasteiger partial charge in [0.15, 0.2) is 0 Å². The molecule has 2 N–H and O–H groups in total. The first-order valence-electron chi connectivity index (χ1n) is 8.76. The Kier molecular flexibility index (Phi) is 6.07. The Morgan fingerprint density at radius 3 is 2.50 bits per heavy atom. The molecule has 0 spiro atoms. The van der Waals surface area contributed by atoms with Gasteiger partial charge in [-0.2, -0.15) is 5.26 Å². The van der Waals surface area contributed by atoms with E-state index in [0.717, 1.165) is 16.3 Å². The summed E-state index contributed by atoms with van der Waals surface area (Å²) in [5, 5.41) is 16.8. The molecule has 5 nitrogen and oxygen atoms in total. The van der Waals surface area contributed by atoms with Crippen LogP contribution in [0, 0.1) is 11.3 Å². The lowest BCUT2D eigenvalue weighted by molar-refractivity contribution is -0.113. The number of ether oxygens (including phenoxy) is 1. The lowest BCUT2D eigenvalue weighted by atomic mass is 9.82. The minimum Gasteiger partial charge on any atom is -0.495 e. The van der Waals surface area contributed by atoms with E-state index >= 15 is 0 Å². The zero-order valence-electron chi connectivity index (χ0n) is 15.9. The summed E-state index contributed by atoms with van der Waals surface area (Å²) in [6.07, 6.45) is 1.91. The van der Waals surface area contributed by atoms with Gasteiger partial charge in [-0.15, -0.1) is 11.8 Å². The number of nitriles is 1. The molecule has 1 aliphatic rings. The van der Waals surface area contributed by atoms with E-state index in [0.29, 0.717) is 22.6 Å². The number of hydrogen-bond donors (Lipinski definition) is 2. The molecule has 0 radical (unpaired) electrons. The van der Waals surface area contributed by atoms with Gasteiger partial charge >= 0.3 is 0 Å². The maximum atomic E-state index is 13.3. The number of amides is 1. The van der Waals surface area contributed by atoms with Gasteiger partial charge in [0.25, 0.3) is 5.91 Å². The number of thioether (sulfide) groups is 1. The van der Waals surface area contributed by atoms with E-state index in [2.05, 4.69) is 16.7 Å². The van der Waals surface area contributed by atoms with E-state index in [1.807, 2.05) is 55.6 Å². The molecule has 0 aliphatic carbocycles. The summed E-state index contributed by atoms with van der Waals surface area (Å²) in [5.41, 5.74) is 3.27. The number of para-hydroxylation sites is 2. The Morgan fingerprint density at radius 2 is 1.86 bits per heavy atom. The molecular weight excluding hydrogens is 370 g/mol. The fourth-order valence-electron chi connectivity index (χ4n) is 3.29. The van der Waals surface area contributed by atoms with Gasteiger partial charge in [0.2, 0.25) is 0 Å². The van der Waals surface area contributed by atoms with Crippen molar-refractivity contribution in [2.75, 3.05) is 18.7 Å². The van der Waals surface area contributed by atoms with Crippen molar-refractivity contribution >= 4 is 23.4 Å². The Hall–Kier alpha value is -3.17. The highest BCUT2D eigenvalue weighted by Crippen LogP contribution is 2.40. The Bertz CT molecular complexity index is 990. The second kappa shape index (κ2) is 8.68. The third-order valence-corrected chi connectivity index (χ3v) is 5.31. The number of hydrogen-bond acceptors (Lipinski definition) is 5. The molecule has 3 rings (SSSR count). The van der Waals surface area contributed by atoms with Crippen LogP contribution in [0.3, 0.4) is 0 Å². The molecule has 1 aliphatic heterocycles. The molecule has 142 valence electrons. The highest BCUT2D eigenvalue weighted by Gasteiger charge is 2.34.